The van der Waals surface area contributed by atoms with E-state index in [1.54, 1.807) is 0 Å². The first-order chi connectivity index (χ1) is 8.81. The number of aliphatic hydroxyl groups is 1. The first-order valence-corrected chi connectivity index (χ1v) is 6.79. The molecule has 0 aromatic heterocycles. The fraction of sp³-hybridized carbons (Fsp3) is 0.846. The van der Waals surface area contributed by atoms with Gasteiger partial charge in [0.25, 0.3) is 0 Å². The summed E-state index contributed by atoms with van der Waals surface area (Å²) in [5.74, 6) is -1.06. The zero-order valence-corrected chi connectivity index (χ0v) is 11.4. The molecule has 0 aromatic carbocycles. The van der Waals surface area contributed by atoms with E-state index in [0.717, 1.165) is 19.3 Å². The minimum Gasteiger partial charge on any atom is -0.480 e. The Hall–Kier alpha value is -1.30. The lowest BCUT2D eigenvalue weighted by Crippen LogP contribution is -2.51. The summed E-state index contributed by atoms with van der Waals surface area (Å²) >= 11 is 0. The van der Waals surface area contributed by atoms with Crippen LogP contribution >= 0.6 is 0 Å². The van der Waals surface area contributed by atoms with Crippen molar-refractivity contribution in [2.75, 3.05) is 6.54 Å². The van der Waals surface area contributed by atoms with Crippen molar-refractivity contribution in [3.05, 3.63) is 0 Å². The van der Waals surface area contributed by atoms with Crippen LogP contribution in [0.25, 0.3) is 0 Å². The van der Waals surface area contributed by atoms with Crippen LogP contribution in [0.3, 0.4) is 0 Å². The van der Waals surface area contributed by atoms with Crippen LogP contribution in [0.2, 0.25) is 0 Å². The fourth-order valence-electron chi connectivity index (χ4n) is 3.10. The van der Waals surface area contributed by atoms with Gasteiger partial charge in [-0.2, -0.15) is 0 Å². The third-order valence-electron chi connectivity index (χ3n) is 4.38. The lowest BCUT2D eigenvalue weighted by molar-refractivity contribution is -0.141. The van der Waals surface area contributed by atoms with Gasteiger partial charge in [-0.15, -0.1) is 0 Å². The van der Waals surface area contributed by atoms with Gasteiger partial charge in [0.2, 0.25) is 0 Å². The first-order valence-electron chi connectivity index (χ1n) is 6.79. The first kappa shape index (κ1) is 14.1. The standard InChI is InChI=1S/C13H22N2O4/c1-13(2)5-3-4-10(13)14-12(19)15-7-8(16)6-9(15)11(17)18/h8-10,16H,3-7H2,1-2H3,(H,14,19)(H,17,18)/t8-,9-,10?/m0/s1. The lowest BCUT2D eigenvalue weighted by atomic mass is 9.87. The van der Waals surface area contributed by atoms with Crippen molar-refractivity contribution in [2.45, 2.75) is 57.7 Å². The highest BCUT2D eigenvalue weighted by molar-refractivity contribution is 5.83. The van der Waals surface area contributed by atoms with Gasteiger partial charge in [-0.05, 0) is 18.3 Å². The van der Waals surface area contributed by atoms with E-state index in [2.05, 4.69) is 19.2 Å². The Labute approximate surface area is 112 Å². The number of carbonyl (C=O) groups excluding carboxylic acids is 1. The normalized spacial score (nSPS) is 33.4. The van der Waals surface area contributed by atoms with E-state index in [-0.39, 0.29) is 30.5 Å². The topological polar surface area (TPSA) is 89.9 Å². The van der Waals surface area contributed by atoms with Gasteiger partial charge in [0, 0.05) is 19.0 Å². The van der Waals surface area contributed by atoms with Crippen molar-refractivity contribution >= 4 is 12.0 Å². The molecule has 19 heavy (non-hydrogen) atoms. The second-order valence-electron chi connectivity index (χ2n) is 6.28. The fourth-order valence-corrected chi connectivity index (χ4v) is 3.10. The minimum absolute atomic E-state index is 0.0483. The van der Waals surface area contributed by atoms with Crippen molar-refractivity contribution in [1.82, 2.24) is 10.2 Å². The molecule has 1 unspecified atom stereocenters. The smallest absolute Gasteiger partial charge is 0.326 e. The van der Waals surface area contributed by atoms with Gasteiger partial charge in [0.15, 0.2) is 0 Å². The van der Waals surface area contributed by atoms with E-state index in [9.17, 15) is 14.7 Å². The number of urea groups is 1. The number of aliphatic carboxylic acids is 1. The van der Waals surface area contributed by atoms with E-state index < -0.39 is 18.1 Å². The lowest BCUT2D eigenvalue weighted by Gasteiger charge is -2.31. The summed E-state index contributed by atoms with van der Waals surface area (Å²) in [6.07, 6.45) is 2.42. The Kier molecular flexibility index (Phi) is 3.71. The summed E-state index contributed by atoms with van der Waals surface area (Å²) in [5.41, 5.74) is 0.0483. The molecule has 2 aliphatic rings. The highest BCUT2D eigenvalue weighted by Gasteiger charge is 2.42. The number of carboxylic acids is 1. The SMILES string of the molecule is CC1(C)CCCC1NC(=O)N1C[C@@H](O)C[C@H]1C(=O)O. The van der Waals surface area contributed by atoms with Crippen LogP contribution in [-0.2, 0) is 4.79 Å². The monoisotopic (exact) mass is 270 g/mol. The molecule has 2 amide bonds. The number of nitrogens with zero attached hydrogens (tertiary/aromatic N) is 1. The van der Waals surface area contributed by atoms with Crippen LogP contribution in [0.1, 0.15) is 39.5 Å². The summed E-state index contributed by atoms with van der Waals surface area (Å²) in [6, 6.07) is -1.21. The van der Waals surface area contributed by atoms with Crippen molar-refractivity contribution in [3.63, 3.8) is 0 Å². The molecule has 1 heterocycles. The number of amides is 2. The Morgan fingerprint density at radius 3 is 2.58 bits per heavy atom. The van der Waals surface area contributed by atoms with Crippen LogP contribution in [-0.4, -0.2) is 51.8 Å². The van der Waals surface area contributed by atoms with E-state index in [4.69, 9.17) is 5.11 Å². The largest absolute Gasteiger partial charge is 0.480 e. The predicted molar refractivity (Wildman–Crippen MR) is 68.7 cm³/mol. The molecule has 1 aliphatic carbocycles. The number of β-amino-alcohol motifs (C(OH)–C–C–N with tert-alkyl or cyclic N) is 1. The van der Waals surface area contributed by atoms with E-state index in [0.29, 0.717) is 0 Å². The van der Waals surface area contributed by atoms with Gasteiger partial charge in [0.1, 0.15) is 6.04 Å². The van der Waals surface area contributed by atoms with E-state index >= 15 is 0 Å². The van der Waals surface area contributed by atoms with Gasteiger partial charge in [-0.3, -0.25) is 0 Å². The quantitative estimate of drug-likeness (QED) is 0.692. The molecule has 2 fully saturated rings. The number of rotatable bonds is 2. The van der Waals surface area contributed by atoms with Gasteiger partial charge < -0.3 is 20.4 Å². The predicted octanol–water partition coefficient (Wildman–Crippen LogP) is 0.794. The van der Waals surface area contributed by atoms with E-state index in [1.807, 2.05) is 0 Å². The van der Waals surface area contributed by atoms with Crippen LogP contribution in [0, 0.1) is 5.41 Å². The molecule has 3 atom stereocenters. The molecule has 0 aromatic rings. The van der Waals surface area contributed by atoms with Gasteiger partial charge in [-0.25, -0.2) is 9.59 Å². The third kappa shape index (κ3) is 2.83. The molecule has 108 valence electrons. The Morgan fingerprint density at radius 1 is 1.37 bits per heavy atom. The minimum atomic E-state index is -1.06. The molecular formula is C13H22N2O4. The molecule has 1 saturated carbocycles. The van der Waals surface area contributed by atoms with Crippen LogP contribution in [0.5, 0.6) is 0 Å². The second-order valence-corrected chi connectivity index (χ2v) is 6.28. The zero-order chi connectivity index (χ0) is 14.2. The maximum absolute atomic E-state index is 12.2. The van der Waals surface area contributed by atoms with Crippen molar-refractivity contribution < 1.29 is 19.8 Å². The molecule has 6 nitrogen and oxygen atoms in total. The van der Waals surface area contributed by atoms with Crippen molar-refractivity contribution in [3.8, 4) is 0 Å². The second kappa shape index (κ2) is 5.00. The molecule has 0 radical (unpaired) electrons. The average molecular weight is 270 g/mol. The number of nitrogens with one attached hydrogen (secondary N) is 1. The molecule has 2 rings (SSSR count). The molecular weight excluding hydrogens is 248 g/mol. The summed E-state index contributed by atoms with van der Waals surface area (Å²) in [4.78, 5) is 24.5. The number of hydrogen-bond acceptors (Lipinski definition) is 3. The maximum atomic E-state index is 12.2. The van der Waals surface area contributed by atoms with Crippen LogP contribution in [0.15, 0.2) is 0 Å². The Balaban J connectivity index is 2.01. The van der Waals surface area contributed by atoms with Crippen LogP contribution in [0.4, 0.5) is 4.79 Å². The number of carbonyl (C=O) groups is 2. The summed E-state index contributed by atoms with van der Waals surface area (Å²) in [6.45, 7) is 4.31. The molecule has 3 N–H and O–H groups in total. The number of aliphatic hydroxyl groups excluding tert-OH is 1. The third-order valence-corrected chi connectivity index (χ3v) is 4.38. The van der Waals surface area contributed by atoms with Crippen molar-refractivity contribution in [1.29, 1.82) is 0 Å². The molecule has 6 heteroatoms. The highest BCUT2D eigenvalue weighted by atomic mass is 16.4. The maximum Gasteiger partial charge on any atom is 0.326 e. The Morgan fingerprint density at radius 2 is 2.05 bits per heavy atom. The highest BCUT2D eigenvalue weighted by Crippen LogP contribution is 2.37. The molecule has 1 aliphatic heterocycles. The van der Waals surface area contributed by atoms with Crippen LogP contribution < -0.4 is 5.32 Å². The van der Waals surface area contributed by atoms with Gasteiger partial charge in [-0.1, -0.05) is 20.3 Å². The summed E-state index contributed by atoms with van der Waals surface area (Å²) in [5, 5.41) is 21.6. The van der Waals surface area contributed by atoms with Gasteiger partial charge >= 0.3 is 12.0 Å². The Bertz CT molecular complexity index is 383. The van der Waals surface area contributed by atoms with Gasteiger partial charge in [0.05, 0.1) is 6.10 Å². The zero-order valence-electron chi connectivity index (χ0n) is 11.4. The summed E-state index contributed by atoms with van der Waals surface area (Å²) in [7, 11) is 0. The molecule has 0 bridgehead atoms. The molecule has 1 saturated heterocycles. The number of carboxylic acid groups (broad SMARTS) is 1. The molecule has 0 spiro atoms. The van der Waals surface area contributed by atoms with E-state index in [1.165, 1.54) is 4.90 Å². The average Bonchev–Trinajstić information content (AvgIpc) is 2.83. The summed E-state index contributed by atoms with van der Waals surface area (Å²) < 4.78 is 0. The number of hydrogen-bond donors (Lipinski definition) is 3. The van der Waals surface area contributed by atoms with Crippen molar-refractivity contribution in [2.24, 2.45) is 5.41 Å². The number of likely N-dealkylation sites (tertiary alicyclic amines) is 1.